The highest BCUT2D eigenvalue weighted by molar-refractivity contribution is 6.13. The molecule has 0 bridgehead atoms. The van der Waals surface area contributed by atoms with Crippen LogP contribution < -0.4 is 14.4 Å². The zero-order chi connectivity index (χ0) is 8.10. The average molecular weight is 174 g/mol. The largest absolute Gasteiger partial charge is 0.275 e. The van der Waals surface area contributed by atoms with Crippen LogP contribution in [0.2, 0.25) is 0 Å². The van der Waals surface area contributed by atoms with E-state index >= 15 is 0 Å². The second kappa shape index (κ2) is 4.16. The molecule has 0 unspecified atom stereocenters. The van der Waals surface area contributed by atoms with Gasteiger partial charge in [-0.1, -0.05) is 0 Å². The summed E-state index contributed by atoms with van der Waals surface area (Å²) in [6.45, 7) is 0.631. The number of nitrogens with one attached hydrogen (secondary N) is 1. The van der Waals surface area contributed by atoms with Gasteiger partial charge in [-0.25, -0.2) is 4.84 Å². The average Bonchev–Trinajstić information content (AvgIpc) is 2.06. The van der Waals surface area contributed by atoms with Crippen molar-refractivity contribution < 1.29 is 9.57 Å². The Morgan fingerprint density at radius 3 is 3.18 bits per heavy atom. The SMILES string of the molecule is CO[n+]1cccc(CNCl)c1. The highest BCUT2D eigenvalue weighted by Crippen LogP contribution is 1.92. The van der Waals surface area contributed by atoms with Crippen molar-refractivity contribution in [2.75, 3.05) is 7.11 Å². The topological polar surface area (TPSA) is 25.1 Å². The van der Waals surface area contributed by atoms with Gasteiger partial charge in [-0.15, -0.1) is 0 Å². The van der Waals surface area contributed by atoms with Crippen LogP contribution in [0, 0.1) is 0 Å². The molecule has 0 aromatic carbocycles. The predicted octanol–water partition coefficient (Wildman–Crippen LogP) is 0.276. The summed E-state index contributed by atoms with van der Waals surface area (Å²) >= 11 is 5.33. The Bertz CT molecular complexity index is 229. The van der Waals surface area contributed by atoms with Crippen LogP contribution in [-0.2, 0) is 6.54 Å². The zero-order valence-electron chi connectivity index (χ0n) is 6.25. The fourth-order valence-corrected chi connectivity index (χ4v) is 0.951. The lowest BCUT2D eigenvalue weighted by atomic mass is 10.3. The van der Waals surface area contributed by atoms with Gasteiger partial charge in [0, 0.05) is 22.9 Å². The molecule has 0 aliphatic heterocycles. The molecule has 0 saturated carbocycles. The van der Waals surface area contributed by atoms with Gasteiger partial charge in [0.1, 0.15) is 7.11 Å². The fourth-order valence-electron chi connectivity index (χ4n) is 0.796. The highest BCUT2D eigenvalue weighted by atomic mass is 35.5. The van der Waals surface area contributed by atoms with E-state index in [1.807, 2.05) is 24.5 Å². The third-order valence-corrected chi connectivity index (χ3v) is 1.45. The van der Waals surface area contributed by atoms with E-state index in [0.717, 1.165) is 5.56 Å². The molecule has 1 rings (SSSR count). The molecule has 0 saturated heterocycles. The van der Waals surface area contributed by atoms with E-state index < -0.39 is 0 Å². The van der Waals surface area contributed by atoms with Crippen molar-refractivity contribution in [3.05, 3.63) is 30.1 Å². The Balaban J connectivity index is 2.74. The minimum Gasteiger partial charge on any atom is -0.275 e. The van der Waals surface area contributed by atoms with E-state index in [1.54, 1.807) is 11.8 Å². The summed E-state index contributed by atoms with van der Waals surface area (Å²) in [6.07, 6.45) is 3.67. The summed E-state index contributed by atoms with van der Waals surface area (Å²) in [5, 5.41) is 0. The molecule has 1 aromatic heterocycles. The number of hydrogen-bond donors (Lipinski definition) is 1. The number of nitrogens with zero attached hydrogens (tertiary/aromatic N) is 1. The molecule has 0 aliphatic rings. The Morgan fingerprint density at radius 1 is 1.73 bits per heavy atom. The molecular formula is C7H10ClN2O+. The van der Waals surface area contributed by atoms with Crippen molar-refractivity contribution in [2.45, 2.75) is 6.54 Å². The van der Waals surface area contributed by atoms with Gasteiger partial charge in [-0.3, -0.25) is 4.84 Å². The quantitative estimate of drug-likeness (QED) is 0.525. The molecule has 4 heteroatoms. The summed E-state index contributed by atoms with van der Waals surface area (Å²) in [6, 6.07) is 3.86. The van der Waals surface area contributed by atoms with E-state index in [4.69, 9.17) is 16.6 Å². The first-order valence-electron chi connectivity index (χ1n) is 3.25. The van der Waals surface area contributed by atoms with E-state index in [2.05, 4.69) is 4.84 Å². The van der Waals surface area contributed by atoms with E-state index in [0.29, 0.717) is 6.54 Å². The standard InChI is InChI=1S/C7H10ClN2O/c1-11-10-4-2-3-7(6-10)5-9-8/h2-4,6,9H,5H2,1H3/q+1. The molecular weight excluding hydrogens is 164 g/mol. The van der Waals surface area contributed by atoms with E-state index in [-0.39, 0.29) is 0 Å². The summed E-state index contributed by atoms with van der Waals surface area (Å²) in [7, 11) is 1.61. The van der Waals surface area contributed by atoms with Crippen LogP contribution in [0.15, 0.2) is 24.5 Å². The summed E-state index contributed by atoms with van der Waals surface area (Å²) in [5.41, 5.74) is 1.07. The monoisotopic (exact) mass is 173 g/mol. The highest BCUT2D eigenvalue weighted by Gasteiger charge is 1.99. The predicted molar refractivity (Wildman–Crippen MR) is 41.8 cm³/mol. The van der Waals surface area contributed by atoms with Gasteiger partial charge in [-0.05, 0) is 17.8 Å². The molecule has 0 radical (unpaired) electrons. The third-order valence-electron chi connectivity index (χ3n) is 1.32. The van der Waals surface area contributed by atoms with Crippen molar-refractivity contribution in [3.8, 4) is 0 Å². The van der Waals surface area contributed by atoms with Gasteiger partial charge in [0.25, 0.3) is 0 Å². The zero-order valence-corrected chi connectivity index (χ0v) is 7.01. The number of halogens is 1. The minimum absolute atomic E-state index is 0.631. The van der Waals surface area contributed by atoms with Crippen molar-refractivity contribution in [2.24, 2.45) is 0 Å². The Kier molecular flexibility index (Phi) is 3.14. The molecule has 11 heavy (non-hydrogen) atoms. The van der Waals surface area contributed by atoms with Crippen molar-refractivity contribution >= 4 is 11.8 Å². The first-order chi connectivity index (χ1) is 5.36. The summed E-state index contributed by atoms with van der Waals surface area (Å²) in [5.74, 6) is 0. The summed E-state index contributed by atoms with van der Waals surface area (Å²) < 4.78 is 1.61. The van der Waals surface area contributed by atoms with Gasteiger partial charge < -0.3 is 0 Å². The van der Waals surface area contributed by atoms with Gasteiger partial charge in [0.15, 0.2) is 0 Å². The Morgan fingerprint density at radius 2 is 2.55 bits per heavy atom. The molecule has 3 nitrogen and oxygen atoms in total. The minimum atomic E-state index is 0.631. The van der Waals surface area contributed by atoms with Gasteiger partial charge in [0.2, 0.25) is 12.4 Å². The number of rotatable bonds is 3. The van der Waals surface area contributed by atoms with Crippen LogP contribution in [0.5, 0.6) is 0 Å². The van der Waals surface area contributed by atoms with E-state index in [1.165, 1.54) is 0 Å². The lowest BCUT2D eigenvalue weighted by Gasteiger charge is -1.94. The van der Waals surface area contributed by atoms with Crippen LogP contribution >= 0.6 is 11.8 Å². The number of aromatic nitrogens is 1. The lowest BCUT2D eigenvalue weighted by Crippen LogP contribution is -2.40. The van der Waals surface area contributed by atoms with Crippen molar-refractivity contribution in [1.29, 1.82) is 0 Å². The summed E-state index contributed by atoms with van der Waals surface area (Å²) in [4.78, 5) is 7.49. The molecule has 1 aromatic rings. The number of hydrogen-bond acceptors (Lipinski definition) is 2. The van der Waals surface area contributed by atoms with Gasteiger partial charge in [-0.2, -0.15) is 0 Å². The first-order valence-corrected chi connectivity index (χ1v) is 3.63. The van der Waals surface area contributed by atoms with Crippen LogP contribution in [0.4, 0.5) is 0 Å². The number of pyridine rings is 1. The molecule has 0 spiro atoms. The van der Waals surface area contributed by atoms with Crippen molar-refractivity contribution in [3.63, 3.8) is 0 Å². The normalized spacial score (nSPS) is 9.64. The van der Waals surface area contributed by atoms with Gasteiger partial charge in [0.05, 0.1) is 0 Å². The molecule has 0 amide bonds. The molecule has 1 N–H and O–H groups in total. The molecule has 0 atom stereocenters. The van der Waals surface area contributed by atoms with Crippen LogP contribution in [0.3, 0.4) is 0 Å². The first kappa shape index (κ1) is 8.30. The lowest BCUT2D eigenvalue weighted by molar-refractivity contribution is -0.885. The van der Waals surface area contributed by atoms with Crippen LogP contribution in [-0.4, -0.2) is 7.11 Å². The second-order valence-corrected chi connectivity index (χ2v) is 2.33. The maximum atomic E-state index is 5.33. The van der Waals surface area contributed by atoms with Crippen molar-refractivity contribution in [1.82, 2.24) is 4.84 Å². The second-order valence-electron chi connectivity index (χ2n) is 2.07. The maximum absolute atomic E-state index is 5.33. The Hall–Kier alpha value is -0.800. The third kappa shape index (κ3) is 2.37. The van der Waals surface area contributed by atoms with Gasteiger partial charge >= 0.3 is 0 Å². The Labute approximate surface area is 70.6 Å². The van der Waals surface area contributed by atoms with Crippen LogP contribution in [0.25, 0.3) is 0 Å². The molecule has 60 valence electrons. The smallest absolute Gasteiger partial charge is 0.226 e. The molecule has 0 aliphatic carbocycles. The van der Waals surface area contributed by atoms with Crippen LogP contribution in [0.1, 0.15) is 5.56 Å². The molecule has 1 heterocycles. The van der Waals surface area contributed by atoms with E-state index in [9.17, 15) is 0 Å². The molecule has 0 fully saturated rings. The maximum Gasteiger partial charge on any atom is 0.226 e. The fraction of sp³-hybridized carbons (Fsp3) is 0.286.